The summed E-state index contributed by atoms with van der Waals surface area (Å²) in [4.78, 5) is 11.4. The molecule has 0 bridgehead atoms. The van der Waals surface area contributed by atoms with Crippen molar-refractivity contribution in [2.24, 2.45) is 0 Å². The van der Waals surface area contributed by atoms with Gasteiger partial charge in [-0.25, -0.2) is 0 Å². The Morgan fingerprint density at radius 1 is 1.00 bits per heavy atom. The number of carbonyl (C=O) groups is 1. The lowest BCUT2D eigenvalue weighted by Crippen LogP contribution is -2.21. The van der Waals surface area contributed by atoms with Gasteiger partial charge in [0.15, 0.2) is 0 Å². The van der Waals surface area contributed by atoms with E-state index in [1.165, 1.54) is 16.7 Å². The van der Waals surface area contributed by atoms with Crippen molar-refractivity contribution in [1.82, 2.24) is 0 Å². The second kappa shape index (κ2) is 5.61. The van der Waals surface area contributed by atoms with Gasteiger partial charge >= 0.3 is 0 Å². The maximum absolute atomic E-state index is 11.4. The lowest BCUT2D eigenvalue weighted by molar-refractivity contribution is -0.105. The minimum atomic E-state index is -0.0206. The van der Waals surface area contributed by atoms with Crippen LogP contribution in [0.1, 0.15) is 77.5 Å². The molecule has 2 nitrogen and oxygen atoms in total. The second-order valence-corrected chi connectivity index (χ2v) is 9.04. The molecule has 24 heavy (non-hydrogen) atoms. The molecule has 0 saturated carbocycles. The zero-order valence-corrected chi connectivity index (χ0v) is 15.7. The van der Waals surface area contributed by atoms with Gasteiger partial charge in [-0.05, 0) is 53.4 Å². The van der Waals surface area contributed by atoms with E-state index in [1.54, 1.807) is 0 Å². The summed E-state index contributed by atoms with van der Waals surface area (Å²) in [5, 5.41) is 0. The third kappa shape index (κ3) is 2.94. The SMILES string of the molecule is CC(C)(C)c1cc2c(c(C(C)(C)C)c1)OC1=C(C=O)CCCC1=C2. The van der Waals surface area contributed by atoms with Crippen LogP contribution in [0.25, 0.3) is 6.08 Å². The first kappa shape index (κ1) is 17.0. The van der Waals surface area contributed by atoms with E-state index in [0.29, 0.717) is 0 Å². The summed E-state index contributed by atoms with van der Waals surface area (Å²) in [6, 6.07) is 4.53. The average molecular weight is 324 g/mol. The smallest absolute Gasteiger partial charge is 0.149 e. The number of allylic oxidation sites excluding steroid dienone is 2. The van der Waals surface area contributed by atoms with E-state index in [0.717, 1.165) is 48.2 Å². The van der Waals surface area contributed by atoms with Gasteiger partial charge in [-0.15, -0.1) is 0 Å². The third-order valence-electron chi connectivity index (χ3n) is 4.94. The fraction of sp³-hybridized carbons (Fsp3) is 0.500. The molecule has 0 radical (unpaired) electrons. The van der Waals surface area contributed by atoms with Gasteiger partial charge in [-0.2, -0.15) is 0 Å². The highest BCUT2D eigenvalue weighted by atomic mass is 16.5. The molecule has 3 rings (SSSR count). The molecule has 2 aliphatic rings. The minimum Gasteiger partial charge on any atom is -0.456 e. The highest BCUT2D eigenvalue weighted by Gasteiger charge is 2.31. The van der Waals surface area contributed by atoms with Gasteiger partial charge in [0.25, 0.3) is 0 Å². The van der Waals surface area contributed by atoms with E-state index in [9.17, 15) is 4.79 Å². The zero-order valence-electron chi connectivity index (χ0n) is 15.7. The zero-order chi connectivity index (χ0) is 17.7. The number of benzene rings is 1. The van der Waals surface area contributed by atoms with Crippen molar-refractivity contribution in [3.05, 3.63) is 45.7 Å². The summed E-state index contributed by atoms with van der Waals surface area (Å²) < 4.78 is 6.34. The number of hydrogen-bond donors (Lipinski definition) is 0. The highest BCUT2D eigenvalue weighted by Crippen LogP contribution is 2.45. The second-order valence-electron chi connectivity index (χ2n) is 9.04. The van der Waals surface area contributed by atoms with Gasteiger partial charge in [-0.1, -0.05) is 47.6 Å². The fourth-order valence-corrected chi connectivity index (χ4v) is 3.44. The number of fused-ring (bicyclic) bond motifs is 2. The Bertz CT molecular complexity index is 749. The van der Waals surface area contributed by atoms with Gasteiger partial charge in [-0.3, -0.25) is 4.79 Å². The molecule has 0 spiro atoms. The van der Waals surface area contributed by atoms with Crippen molar-refractivity contribution in [3.63, 3.8) is 0 Å². The molecule has 0 saturated heterocycles. The first-order valence-electron chi connectivity index (χ1n) is 8.87. The van der Waals surface area contributed by atoms with Crippen molar-refractivity contribution in [2.75, 3.05) is 0 Å². The van der Waals surface area contributed by atoms with Crippen LogP contribution < -0.4 is 4.74 Å². The molecule has 128 valence electrons. The molecule has 0 atom stereocenters. The van der Waals surface area contributed by atoms with Crippen LogP contribution in [0, 0.1) is 0 Å². The van der Waals surface area contributed by atoms with E-state index in [4.69, 9.17) is 4.74 Å². The molecular formula is C22H28O2. The predicted octanol–water partition coefficient (Wildman–Crippen LogP) is 5.69. The van der Waals surface area contributed by atoms with Crippen LogP contribution in [0.15, 0.2) is 29.0 Å². The summed E-state index contributed by atoms with van der Waals surface area (Å²) in [6.45, 7) is 13.4. The van der Waals surface area contributed by atoms with E-state index < -0.39 is 0 Å². The lowest BCUT2D eigenvalue weighted by atomic mass is 9.78. The van der Waals surface area contributed by atoms with E-state index >= 15 is 0 Å². The van der Waals surface area contributed by atoms with Crippen molar-refractivity contribution < 1.29 is 9.53 Å². The molecule has 1 heterocycles. The first-order valence-corrected chi connectivity index (χ1v) is 8.87. The standard InChI is InChI=1S/C22H28O2/c1-21(2,3)17-11-16-10-14-8-7-9-15(13-23)19(14)24-20(16)18(12-17)22(4,5)6/h10-13H,7-9H2,1-6H3. The van der Waals surface area contributed by atoms with Gasteiger partial charge in [0.05, 0.1) is 0 Å². The van der Waals surface area contributed by atoms with Crippen molar-refractivity contribution in [2.45, 2.75) is 71.6 Å². The Kier molecular flexibility index (Phi) is 3.98. The lowest BCUT2D eigenvalue weighted by Gasteiger charge is -2.33. The normalized spacial score (nSPS) is 17.7. The Morgan fingerprint density at radius 3 is 2.29 bits per heavy atom. The van der Waals surface area contributed by atoms with E-state index in [2.05, 4.69) is 59.8 Å². The van der Waals surface area contributed by atoms with Crippen molar-refractivity contribution >= 4 is 12.4 Å². The molecule has 1 aromatic carbocycles. The monoisotopic (exact) mass is 324 g/mol. The molecule has 1 aromatic rings. The topological polar surface area (TPSA) is 26.3 Å². The minimum absolute atomic E-state index is 0.0206. The van der Waals surface area contributed by atoms with Crippen molar-refractivity contribution in [3.8, 4) is 5.75 Å². The molecule has 0 N–H and O–H groups in total. The summed E-state index contributed by atoms with van der Waals surface area (Å²) in [7, 11) is 0. The molecule has 1 aliphatic carbocycles. The van der Waals surface area contributed by atoms with Crippen LogP contribution in [0.2, 0.25) is 0 Å². The summed E-state index contributed by atoms with van der Waals surface area (Å²) in [6.07, 6.45) is 6.02. The summed E-state index contributed by atoms with van der Waals surface area (Å²) >= 11 is 0. The van der Waals surface area contributed by atoms with Gasteiger partial charge < -0.3 is 4.74 Å². The Labute approximate surface area is 145 Å². The number of hydrogen-bond acceptors (Lipinski definition) is 2. The van der Waals surface area contributed by atoms with Crippen LogP contribution in [0.5, 0.6) is 5.75 Å². The largest absolute Gasteiger partial charge is 0.456 e. The molecule has 1 aliphatic heterocycles. The molecule has 2 heteroatoms. The van der Waals surface area contributed by atoms with Gasteiger partial charge in [0.1, 0.15) is 17.8 Å². The fourth-order valence-electron chi connectivity index (χ4n) is 3.44. The molecule has 0 fully saturated rings. The quantitative estimate of drug-likeness (QED) is 0.620. The number of carbonyl (C=O) groups excluding carboxylic acids is 1. The van der Waals surface area contributed by atoms with Crippen LogP contribution in [0.4, 0.5) is 0 Å². The van der Waals surface area contributed by atoms with Crippen LogP contribution >= 0.6 is 0 Å². The molecule has 0 unspecified atom stereocenters. The van der Waals surface area contributed by atoms with Gasteiger partial charge in [0.2, 0.25) is 0 Å². The summed E-state index contributed by atoms with van der Waals surface area (Å²) in [5.41, 5.74) is 5.73. The summed E-state index contributed by atoms with van der Waals surface area (Å²) in [5.74, 6) is 1.73. The van der Waals surface area contributed by atoms with Crippen LogP contribution in [0.3, 0.4) is 0 Å². The number of aldehydes is 1. The number of rotatable bonds is 1. The van der Waals surface area contributed by atoms with E-state index in [1.807, 2.05) is 0 Å². The highest BCUT2D eigenvalue weighted by molar-refractivity contribution is 5.80. The maximum atomic E-state index is 11.4. The first-order chi connectivity index (χ1) is 11.1. The van der Waals surface area contributed by atoms with Crippen molar-refractivity contribution in [1.29, 1.82) is 0 Å². The van der Waals surface area contributed by atoms with Crippen LogP contribution in [-0.2, 0) is 15.6 Å². The average Bonchev–Trinajstić information content (AvgIpc) is 2.49. The molecular weight excluding hydrogens is 296 g/mol. The number of ether oxygens (including phenoxy) is 1. The Hall–Kier alpha value is -1.83. The Morgan fingerprint density at radius 2 is 1.71 bits per heavy atom. The maximum Gasteiger partial charge on any atom is 0.149 e. The van der Waals surface area contributed by atoms with Gasteiger partial charge in [0, 0.05) is 16.7 Å². The molecule has 0 amide bonds. The predicted molar refractivity (Wildman–Crippen MR) is 99.4 cm³/mol. The Balaban J connectivity index is 2.26. The molecule has 0 aromatic heterocycles. The van der Waals surface area contributed by atoms with E-state index in [-0.39, 0.29) is 10.8 Å². The van der Waals surface area contributed by atoms with Crippen LogP contribution in [-0.4, -0.2) is 6.29 Å². The third-order valence-corrected chi connectivity index (χ3v) is 4.94.